The topological polar surface area (TPSA) is 83.7 Å². The summed E-state index contributed by atoms with van der Waals surface area (Å²) >= 11 is 1.43. The molecule has 1 aromatic carbocycles. The highest BCUT2D eigenvalue weighted by atomic mass is 32.1. The van der Waals surface area contributed by atoms with Crippen LogP contribution in [0.3, 0.4) is 0 Å². The molecule has 2 heterocycles. The molecule has 0 bridgehead atoms. The molecule has 0 saturated heterocycles. The minimum absolute atomic E-state index is 0.0307. The summed E-state index contributed by atoms with van der Waals surface area (Å²) < 4.78 is 1.40. The summed E-state index contributed by atoms with van der Waals surface area (Å²) in [6, 6.07) is 9.52. The fourth-order valence-corrected chi connectivity index (χ4v) is 3.28. The largest absolute Gasteiger partial charge is 0.394 e. The van der Waals surface area contributed by atoms with E-state index in [0.29, 0.717) is 11.4 Å². The third kappa shape index (κ3) is 3.37. The van der Waals surface area contributed by atoms with Gasteiger partial charge in [-0.2, -0.15) is 0 Å². The Balaban J connectivity index is 1.92. The molecule has 1 atom stereocenters. The van der Waals surface area contributed by atoms with Gasteiger partial charge in [-0.25, -0.2) is 4.98 Å². The van der Waals surface area contributed by atoms with Crippen LogP contribution in [-0.4, -0.2) is 33.0 Å². The normalized spacial score (nSPS) is 12.2. The average Bonchev–Trinajstić information content (AvgIpc) is 2.99. The molecule has 0 aliphatic carbocycles. The van der Waals surface area contributed by atoms with E-state index in [1.54, 1.807) is 13.1 Å². The third-order valence-electron chi connectivity index (χ3n) is 3.57. The summed E-state index contributed by atoms with van der Waals surface area (Å²) in [5, 5.41) is 11.6. The number of aliphatic hydroxyl groups is 1. The van der Waals surface area contributed by atoms with Crippen LogP contribution in [-0.2, 0) is 6.42 Å². The van der Waals surface area contributed by atoms with E-state index in [1.165, 1.54) is 21.9 Å². The number of rotatable bonds is 5. The van der Waals surface area contributed by atoms with Gasteiger partial charge < -0.3 is 10.4 Å². The molecule has 0 saturated carbocycles. The molecule has 0 aliphatic rings. The van der Waals surface area contributed by atoms with E-state index in [1.807, 2.05) is 30.3 Å². The molecular weight excluding hydrogens is 326 g/mol. The van der Waals surface area contributed by atoms with Crippen LogP contribution in [0.1, 0.15) is 27.7 Å². The molecule has 1 unspecified atom stereocenters. The van der Waals surface area contributed by atoms with Crippen LogP contribution in [0.5, 0.6) is 0 Å². The molecule has 124 valence electrons. The van der Waals surface area contributed by atoms with Crippen molar-refractivity contribution in [3.63, 3.8) is 0 Å². The fraction of sp³-hybridized carbons (Fsp3) is 0.235. The lowest BCUT2D eigenvalue weighted by molar-refractivity contribution is 0.0920. The maximum atomic E-state index is 12.5. The number of carbonyl (C=O) groups is 1. The highest BCUT2D eigenvalue weighted by Gasteiger charge is 2.16. The second-order valence-electron chi connectivity index (χ2n) is 5.55. The number of nitrogens with one attached hydrogen (secondary N) is 1. The predicted molar refractivity (Wildman–Crippen MR) is 92.6 cm³/mol. The van der Waals surface area contributed by atoms with Crippen molar-refractivity contribution in [3.8, 4) is 0 Å². The van der Waals surface area contributed by atoms with Crippen molar-refractivity contribution in [2.24, 2.45) is 0 Å². The number of nitrogens with zero attached hydrogens (tertiary/aromatic N) is 2. The van der Waals surface area contributed by atoms with Crippen molar-refractivity contribution in [2.75, 3.05) is 6.61 Å². The Morgan fingerprint density at radius 2 is 2.12 bits per heavy atom. The summed E-state index contributed by atoms with van der Waals surface area (Å²) in [4.78, 5) is 30.4. The second-order valence-corrected chi connectivity index (χ2v) is 6.64. The molecule has 2 N–H and O–H groups in total. The lowest BCUT2D eigenvalue weighted by Gasteiger charge is -2.09. The third-order valence-corrected chi connectivity index (χ3v) is 4.57. The van der Waals surface area contributed by atoms with Gasteiger partial charge in [0.05, 0.1) is 6.61 Å². The monoisotopic (exact) mass is 343 g/mol. The van der Waals surface area contributed by atoms with E-state index in [4.69, 9.17) is 5.11 Å². The average molecular weight is 343 g/mol. The Morgan fingerprint density at radius 1 is 1.38 bits per heavy atom. The molecule has 3 rings (SSSR count). The zero-order valence-corrected chi connectivity index (χ0v) is 13.9. The SMILES string of the molecule is CC(CO)NC(=O)c1cnc2sc(Cc3ccccc3)cn2c1=O. The van der Waals surface area contributed by atoms with E-state index in [0.717, 1.165) is 10.4 Å². The van der Waals surface area contributed by atoms with Gasteiger partial charge in [0.25, 0.3) is 11.5 Å². The van der Waals surface area contributed by atoms with E-state index >= 15 is 0 Å². The number of carbonyl (C=O) groups excluding carboxylic acids is 1. The zero-order chi connectivity index (χ0) is 17.1. The number of thiazole rings is 1. The van der Waals surface area contributed by atoms with Gasteiger partial charge in [-0.3, -0.25) is 14.0 Å². The Bertz CT molecular complexity index is 918. The van der Waals surface area contributed by atoms with Crippen LogP contribution in [0.25, 0.3) is 4.96 Å². The van der Waals surface area contributed by atoms with Crippen LogP contribution in [0.15, 0.2) is 47.5 Å². The number of aromatic nitrogens is 2. The molecular formula is C17H17N3O3S. The number of hydrogen-bond donors (Lipinski definition) is 2. The van der Waals surface area contributed by atoms with Gasteiger partial charge in [0.2, 0.25) is 0 Å². The van der Waals surface area contributed by atoms with Gasteiger partial charge in [0.15, 0.2) is 4.96 Å². The molecule has 7 heteroatoms. The number of hydrogen-bond acceptors (Lipinski definition) is 5. The Labute approximate surface area is 142 Å². The number of fused-ring (bicyclic) bond motifs is 1. The van der Waals surface area contributed by atoms with E-state index in [-0.39, 0.29) is 12.2 Å². The first-order chi connectivity index (χ1) is 11.6. The van der Waals surface area contributed by atoms with Crippen LogP contribution < -0.4 is 10.9 Å². The fourth-order valence-electron chi connectivity index (χ4n) is 2.31. The molecule has 2 aromatic heterocycles. The van der Waals surface area contributed by atoms with Crippen molar-refractivity contribution in [1.29, 1.82) is 0 Å². The number of aliphatic hydroxyl groups excluding tert-OH is 1. The van der Waals surface area contributed by atoms with Crippen molar-refractivity contribution < 1.29 is 9.90 Å². The summed E-state index contributed by atoms with van der Waals surface area (Å²) in [7, 11) is 0. The van der Waals surface area contributed by atoms with Crippen molar-refractivity contribution in [1.82, 2.24) is 14.7 Å². The summed E-state index contributed by atoms with van der Waals surface area (Å²) in [6.07, 6.45) is 3.73. The molecule has 0 aliphatic heterocycles. The quantitative estimate of drug-likeness (QED) is 0.735. The van der Waals surface area contributed by atoms with Crippen molar-refractivity contribution >= 4 is 22.2 Å². The van der Waals surface area contributed by atoms with Gasteiger partial charge in [0, 0.05) is 29.7 Å². The molecule has 0 fully saturated rings. The van der Waals surface area contributed by atoms with Crippen molar-refractivity contribution in [2.45, 2.75) is 19.4 Å². The van der Waals surface area contributed by atoms with E-state index in [2.05, 4.69) is 10.3 Å². The molecule has 6 nitrogen and oxygen atoms in total. The Morgan fingerprint density at radius 3 is 2.83 bits per heavy atom. The minimum Gasteiger partial charge on any atom is -0.394 e. The summed E-state index contributed by atoms with van der Waals surface area (Å²) in [5.41, 5.74) is 0.710. The number of amides is 1. The van der Waals surface area contributed by atoms with Gasteiger partial charge in [0.1, 0.15) is 5.56 Å². The lowest BCUT2D eigenvalue weighted by atomic mass is 10.1. The number of benzene rings is 1. The van der Waals surface area contributed by atoms with E-state index in [9.17, 15) is 9.59 Å². The zero-order valence-electron chi connectivity index (χ0n) is 13.1. The molecule has 0 radical (unpaired) electrons. The maximum Gasteiger partial charge on any atom is 0.271 e. The molecule has 24 heavy (non-hydrogen) atoms. The predicted octanol–water partition coefficient (Wildman–Crippen LogP) is 1.46. The molecule has 3 aromatic rings. The lowest BCUT2D eigenvalue weighted by Crippen LogP contribution is -2.38. The van der Waals surface area contributed by atoms with Crippen LogP contribution >= 0.6 is 11.3 Å². The summed E-state index contributed by atoms with van der Waals surface area (Å²) in [6.45, 7) is 1.46. The van der Waals surface area contributed by atoms with Crippen molar-refractivity contribution in [3.05, 3.63) is 69.1 Å². The Kier molecular flexibility index (Phi) is 4.73. The smallest absolute Gasteiger partial charge is 0.271 e. The maximum absolute atomic E-state index is 12.5. The highest BCUT2D eigenvalue weighted by molar-refractivity contribution is 7.17. The minimum atomic E-state index is -0.528. The first-order valence-corrected chi connectivity index (χ1v) is 8.36. The van der Waals surface area contributed by atoms with E-state index < -0.39 is 17.5 Å². The highest BCUT2D eigenvalue weighted by Crippen LogP contribution is 2.18. The van der Waals surface area contributed by atoms with Crippen LogP contribution in [0.4, 0.5) is 0 Å². The van der Waals surface area contributed by atoms with Gasteiger partial charge in [-0.05, 0) is 12.5 Å². The first kappa shape index (κ1) is 16.4. The molecule has 1 amide bonds. The standard InChI is InChI=1S/C17H17N3O3S/c1-11(10-21)19-15(22)14-8-18-17-20(16(14)23)9-13(24-17)7-12-5-3-2-4-6-12/h2-6,8-9,11,21H,7,10H2,1H3,(H,19,22). The Hall–Kier alpha value is -2.51. The first-order valence-electron chi connectivity index (χ1n) is 7.54. The van der Waals surface area contributed by atoms with Gasteiger partial charge in [-0.1, -0.05) is 30.3 Å². The molecule has 0 spiro atoms. The van der Waals surface area contributed by atoms with Gasteiger partial charge in [-0.15, -0.1) is 11.3 Å². The van der Waals surface area contributed by atoms with Gasteiger partial charge >= 0.3 is 0 Å². The van der Waals surface area contributed by atoms with Crippen LogP contribution in [0, 0.1) is 0 Å². The van der Waals surface area contributed by atoms with Crippen LogP contribution in [0.2, 0.25) is 0 Å². The second kappa shape index (κ2) is 6.94. The summed E-state index contributed by atoms with van der Waals surface area (Å²) in [5.74, 6) is -0.528.